The molecule has 0 amide bonds. The van der Waals surface area contributed by atoms with Gasteiger partial charge in [0.2, 0.25) is 0 Å². The standard InChI is InChI=1S/C26H24P2.C5H5.CHF3O3S.Pt/c1-5-13-23(14-6-1)27(24-15-7-2-8-16-24)21-22-28(25-17-9-3-10-18-25)26-19-11-4-12-20-26;1-2-4-5-3-1;2-1(3,4)8(5,6)7;/h1-20H,21-22H2;1-5H;(H,5,6,7);/p-1. The van der Waals surface area contributed by atoms with E-state index < -0.39 is 15.6 Å². The molecule has 223 valence electrons. The molecule has 0 aromatic heterocycles. The second-order valence-electron chi connectivity index (χ2n) is 8.51. The number of hydrogen-bond donors (Lipinski definition) is 0. The molecule has 10 heteroatoms. The first-order chi connectivity index (χ1) is 19.7. The maximum Gasteiger partial charge on any atom is 0.485 e. The molecule has 1 aliphatic rings. The van der Waals surface area contributed by atoms with Crippen LogP contribution in [-0.2, 0) is 31.2 Å². The molecule has 0 fully saturated rings. The van der Waals surface area contributed by atoms with Gasteiger partial charge in [-0.1, -0.05) is 146 Å². The molecule has 5 rings (SSSR count). The van der Waals surface area contributed by atoms with Crippen molar-refractivity contribution in [3.63, 3.8) is 0 Å². The normalized spacial score (nSPS) is 12.1. The molecule has 0 aliphatic heterocycles. The van der Waals surface area contributed by atoms with Crippen molar-refractivity contribution < 1.29 is 47.2 Å². The third kappa shape index (κ3) is 12.1. The molecular weight excluding hydrogens is 778 g/mol. The summed E-state index contributed by atoms with van der Waals surface area (Å²) in [4.78, 5) is 0. The molecule has 4 aromatic rings. The van der Waals surface area contributed by atoms with Crippen LogP contribution in [0.15, 0.2) is 146 Å². The summed E-state index contributed by atoms with van der Waals surface area (Å²) < 4.78 is 58.9. The van der Waals surface area contributed by atoms with Crippen LogP contribution in [0.5, 0.6) is 0 Å². The smallest absolute Gasteiger partial charge is 0.485 e. The molecule has 42 heavy (non-hydrogen) atoms. The fourth-order valence-electron chi connectivity index (χ4n) is 3.77. The molecular formula is C32H29F3O3P2PtS-. The zero-order valence-electron chi connectivity index (χ0n) is 22.3. The topological polar surface area (TPSA) is 57.2 Å². The van der Waals surface area contributed by atoms with Gasteiger partial charge in [0.25, 0.3) is 0 Å². The molecule has 1 aliphatic carbocycles. The Morgan fingerprint density at radius 1 is 0.524 bits per heavy atom. The van der Waals surface area contributed by atoms with Gasteiger partial charge < -0.3 is 4.55 Å². The molecule has 0 atom stereocenters. The third-order valence-electron chi connectivity index (χ3n) is 5.66. The Morgan fingerprint density at radius 3 is 0.929 bits per heavy atom. The largest absolute Gasteiger partial charge is 0.741 e. The average Bonchev–Trinajstić information content (AvgIpc) is 3.57. The van der Waals surface area contributed by atoms with Gasteiger partial charge >= 0.3 is 5.51 Å². The maximum absolute atomic E-state index is 10.7. The number of halogens is 3. The Bertz CT molecular complexity index is 1300. The summed E-state index contributed by atoms with van der Waals surface area (Å²) in [5.41, 5.74) is -5.65. The fraction of sp³-hybridized carbons (Fsp3) is 0.0938. The van der Waals surface area contributed by atoms with Crippen molar-refractivity contribution in [3.8, 4) is 0 Å². The summed E-state index contributed by atoms with van der Waals surface area (Å²) in [6.45, 7) is 0. The van der Waals surface area contributed by atoms with Crippen LogP contribution in [0.1, 0.15) is 0 Å². The minimum Gasteiger partial charge on any atom is -0.741 e. The van der Waals surface area contributed by atoms with Crippen LogP contribution in [0, 0.1) is 6.42 Å². The number of rotatable bonds is 7. The van der Waals surface area contributed by atoms with Crippen LogP contribution < -0.4 is 21.2 Å². The van der Waals surface area contributed by atoms with Gasteiger partial charge in [-0.2, -0.15) is 13.2 Å². The SMILES string of the molecule is O=S(=O)([O-])C(F)(F)F.[CH]1C=CC=C1.[Pt].c1ccc(P(CCP(c2ccccc2)c2ccccc2)c2ccccc2)cc1. The van der Waals surface area contributed by atoms with Crippen LogP contribution in [-0.4, -0.2) is 30.8 Å². The average molecular weight is 808 g/mol. The van der Waals surface area contributed by atoms with E-state index in [4.69, 9.17) is 13.0 Å². The van der Waals surface area contributed by atoms with Crippen LogP contribution in [0.4, 0.5) is 13.2 Å². The Labute approximate surface area is 263 Å². The van der Waals surface area contributed by atoms with Gasteiger partial charge in [-0.25, -0.2) is 8.42 Å². The van der Waals surface area contributed by atoms with Gasteiger partial charge in [-0.05, 0) is 49.4 Å². The zero-order chi connectivity index (χ0) is 29.6. The van der Waals surface area contributed by atoms with E-state index in [-0.39, 0.29) is 36.9 Å². The van der Waals surface area contributed by atoms with E-state index >= 15 is 0 Å². The van der Waals surface area contributed by atoms with Crippen molar-refractivity contribution in [1.29, 1.82) is 0 Å². The van der Waals surface area contributed by atoms with Crippen LogP contribution in [0.25, 0.3) is 0 Å². The summed E-state index contributed by atoms with van der Waals surface area (Å²) in [6, 6.07) is 44.2. The first-order valence-corrected chi connectivity index (χ1v) is 17.1. The van der Waals surface area contributed by atoms with E-state index in [1.54, 1.807) is 0 Å². The van der Waals surface area contributed by atoms with E-state index in [2.05, 4.69) is 121 Å². The minimum absolute atomic E-state index is 0. The number of alkyl halides is 3. The second kappa shape index (κ2) is 18.3. The van der Waals surface area contributed by atoms with Crippen molar-refractivity contribution in [2.24, 2.45) is 0 Å². The summed E-state index contributed by atoms with van der Waals surface area (Å²) in [7, 11) is -6.79. The van der Waals surface area contributed by atoms with E-state index in [1.807, 2.05) is 30.7 Å². The maximum atomic E-state index is 10.7. The van der Waals surface area contributed by atoms with Gasteiger partial charge in [-0.15, -0.1) is 0 Å². The predicted octanol–water partition coefficient (Wildman–Crippen LogP) is 6.62. The molecule has 0 saturated heterocycles. The van der Waals surface area contributed by atoms with Crippen LogP contribution in [0.3, 0.4) is 0 Å². The quantitative estimate of drug-likeness (QED) is 0.120. The molecule has 1 radical (unpaired) electrons. The van der Waals surface area contributed by atoms with Crippen molar-refractivity contribution >= 4 is 47.2 Å². The molecule has 0 heterocycles. The Hall–Kier alpha value is -2.39. The monoisotopic (exact) mass is 807 g/mol. The molecule has 0 bridgehead atoms. The van der Waals surface area contributed by atoms with Crippen molar-refractivity contribution in [2.45, 2.75) is 5.51 Å². The van der Waals surface area contributed by atoms with Crippen molar-refractivity contribution in [3.05, 3.63) is 152 Å². The van der Waals surface area contributed by atoms with Gasteiger partial charge in [0.15, 0.2) is 10.1 Å². The number of allylic oxidation sites excluding steroid dienone is 4. The van der Waals surface area contributed by atoms with E-state index in [0.717, 1.165) is 0 Å². The first kappa shape index (κ1) is 35.8. The fourth-order valence-corrected chi connectivity index (χ4v) is 9.12. The summed E-state index contributed by atoms with van der Waals surface area (Å²) in [6.07, 6.45) is 12.4. The summed E-state index contributed by atoms with van der Waals surface area (Å²) in [5.74, 6) is 0. The van der Waals surface area contributed by atoms with Gasteiger partial charge in [-0.3, -0.25) is 0 Å². The number of hydrogen-bond acceptors (Lipinski definition) is 3. The van der Waals surface area contributed by atoms with Crippen LogP contribution >= 0.6 is 15.8 Å². The van der Waals surface area contributed by atoms with E-state index in [0.29, 0.717) is 0 Å². The predicted molar refractivity (Wildman–Crippen MR) is 166 cm³/mol. The van der Waals surface area contributed by atoms with Crippen LogP contribution in [0.2, 0.25) is 0 Å². The molecule has 0 saturated carbocycles. The molecule has 0 spiro atoms. The Morgan fingerprint density at radius 2 is 0.762 bits per heavy atom. The Balaban J connectivity index is 0.000000366. The minimum atomic E-state index is -6.09. The molecule has 4 aromatic carbocycles. The van der Waals surface area contributed by atoms with E-state index in [9.17, 15) is 13.2 Å². The summed E-state index contributed by atoms with van der Waals surface area (Å²) in [5, 5.41) is 5.89. The van der Waals surface area contributed by atoms with Crippen molar-refractivity contribution in [1.82, 2.24) is 0 Å². The molecule has 0 unspecified atom stereocenters. The zero-order valence-corrected chi connectivity index (χ0v) is 27.2. The van der Waals surface area contributed by atoms with Crippen molar-refractivity contribution in [2.75, 3.05) is 12.3 Å². The molecule has 3 nitrogen and oxygen atoms in total. The van der Waals surface area contributed by atoms with Gasteiger partial charge in [0.1, 0.15) is 0 Å². The molecule has 0 N–H and O–H groups in total. The third-order valence-corrected chi connectivity index (χ3v) is 11.6. The van der Waals surface area contributed by atoms with Gasteiger partial charge in [0, 0.05) is 27.5 Å². The van der Waals surface area contributed by atoms with Gasteiger partial charge in [0.05, 0.1) is 0 Å². The number of benzene rings is 4. The first-order valence-electron chi connectivity index (χ1n) is 12.6. The second-order valence-corrected chi connectivity index (χ2v) is 14.6. The Kier molecular flexibility index (Phi) is 15.6. The van der Waals surface area contributed by atoms with E-state index in [1.165, 1.54) is 33.5 Å². The summed E-state index contributed by atoms with van der Waals surface area (Å²) >= 11 is 0.